The topological polar surface area (TPSA) is 49.8 Å². The molecule has 0 aliphatic heterocycles. The summed E-state index contributed by atoms with van der Waals surface area (Å²) >= 11 is 0. The van der Waals surface area contributed by atoms with Gasteiger partial charge in [-0.1, -0.05) is 29.8 Å². The maximum absolute atomic E-state index is 4.14. The van der Waals surface area contributed by atoms with E-state index in [-0.39, 0.29) is 0 Å². The average molecular weight is 290 g/mol. The lowest BCUT2D eigenvalue weighted by atomic mass is 10.2. The first-order chi connectivity index (χ1) is 10.7. The Morgan fingerprint density at radius 2 is 1.36 bits per heavy atom. The van der Waals surface area contributed by atoms with E-state index in [9.17, 15) is 0 Å². The van der Waals surface area contributed by atoms with Gasteiger partial charge in [0.2, 0.25) is 0 Å². The standard InChI is InChI=1S/C18H18N4/c1-13-7-10-15(11-8-13)19-16-5-3-4-6-17(16)20-18-12-9-14(2)21-22-18/h3-12,19H,1-2H3,(H,20,22). The van der Waals surface area contributed by atoms with Crippen LogP contribution >= 0.6 is 0 Å². The number of rotatable bonds is 4. The van der Waals surface area contributed by atoms with Gasteiger partial charge in [0.15, 0.2) is 5.82 Å². The predicted octanol–water partition coefficient (Wildman–Crippen LogP) is 4.58. The Morgan fingerprint density at radius 1 is 0.682 bits per heavy atom. The first kappa shape index (κ1) is 14.1. The molecule has 0 bridgehead atoms. The van der Waals surface area contributed by atoms with Crippen molar-refractivity contribution in [3.63, 3.8) is 0 Å². The second-order valence-corrected chi connectivity index (χ2v) is 5.22. The number of nitrogens with zero attached hydrogens (tertiary/aromatic N) is 2. The molecule has 1 aromatic heterocycles. The Bertz CT molecular complexity index is 682. The van der Waals surface area contributed by atoms with E-state index in [2.05, 4.69) is 52.0 Å². The van der Waals surface area contributed by atoms with Crippen LogP contribution in [0.15, 0.2) is 60.7 Å². The molecule has 0 spiro atoms. The van der Waals surface area contributed by atoms with Crippen molar-refractivity contribution in [2.24, 2.45) is 0 Å². The fraction of sp³-hybridized carbons (Fsp3) is 0.111. The maximum atomic E-state index is 4.14. The summed E-state index contributed by atoms with van der Waals surface area (Å²) in [4.78, 5) is 0. The van der Waals surface area contributed by atoms with E-state index < -0.39 is 0 Å². The molecule has 0 radical (unpaired) electrons. The molecule has 0 aliphatic carbocycles. The van der Waals surface area contributed by atoms with Crippen molar-refractivity contribution in [2.45, 2.75) is 13.8 Å². The first-order valence-electron chi connectivity index (χ1n) is 7.21. The summed E-state index contributed by atoms with van der Waals surface area (Å²) < 4.78 is 0. The predicted molar refractivity (Wildman–Crippen MR) is 91.0 cm³/mol. The highest BCUT2D eigenvalue weighted by atomic mass is 15.2. The van der Waals surface area contributed by atoms with Crippen LogP contribution in [-0.2, 0) is 0 Å². The number of hydrogen-bond acceptors (Lipinski definition) is 4. The van der Waals surface area contributed by atoms with Gasteiger partial charge in [-0.25, -0.2) is 0 Å². The van der Waals surface area contributed by atoms with Crippen molar-refractivity contribution < 1.29 is 0 Å². The summed E-state index contributed by atoms with van der Waals surface area (Å²) in [7, 11) is 0. The highest BCUT2D eigenvalue weighted by Gasteiger charge is 2.04. The molecular formula is C18H18N4. The first-order valence-corrected chi connectivity index (χ1v) is 7.21. The molecular weight excluding hydrogens is 272 g/mol. The fourth-order valence-electron chi connectivity index (χ4n) is 2.10. The summed E-state index contributed by atoms with van der Waals surface area (Å²) in [5.41, 5.74) is 5.15. The van der Waals surface area contributed by atoms with Crippen LogP contribution < -0.4 is 10.6 Å². The number of para-hydroxylation sites is 2. The number of aryl methyl sites for hydroxylation is 2. The van der Waals surface area contributed by atoms with Gasteiger partial charge >= 0.3 is 0 Å². The van der Waals surface area contributed by atoms with Crippen LogP contribution in [0.1, 0.15) is 11.3 Å². The summed E-state index contributed by atoms with van der Waals surface area (Å²) in [6.45, 7) is 4.00. The van der Waals surface area contributed by atoms with E-state index >= 15 is 0 Å². The van der Waals surface area contributed by atoms with E-state index in [0.29, 0.717) is 0 Å². The molecule has 1 heterocycles. The van der Waals surface area contributed by atoms with Crippen molar-refractivity contribution in [1.82, 2.24) is 10.2 Å². The molecule has 2 aromatic carbocycles. The zero-order chi connectivity index (χ0) is 15.4. The van der Waals surface area contributed by atoms with Crippen molar-refractivity contribution in [2.75, 3.05) is 10.6 Å². The quantitative estimate of drug-likeness (QED) is 0.738. The number of anilines is 4. The summed E-state index contributed by atoms with van der Waals surface area (Å²) in [5, 5.41) is 14.9. The van der Waals surface area contributed by atoms with Crippen LogP contribution in [0.5, 0.6) is 0 Å². The molecule has 3 aromatic rings. The minimum absolute atomic E-state index is 0.726. The number of hydrogen-bond donors (Lipinski definition) is 2. The number of aromatic nitrogens is 2. The van der Waals surface area contributed by atoms with Gasteiger partial charge in [-0.05, 0) is 50.2 Å². The summed E-state index contributed by atoms with van der Waals surface area (Å²) in [6, 6.07) is 20.2. The third-order valence-electron chi connectivity index (χ3n) is 3.32. The summed E-state index contributed by atoms with van der Waals surface area (Å²) in [6.07, 6.45) is 0. The fourth-order valence-corrected chi connectivity index (χ4v) is 2.10. The highest BCUT2D eigenvalue weighted by molar-refractivity contribution is 5.77. The van der Waals surface area contributed by atoms with Crippen molar-refractivity contribution in [3.05, 3.63) is 71.9 Å². The number of benzene rings is 2. The van der Waals surface area contributed by atoms with E-state index in [1.54, 1.807) is 0 Å². The number of nitrogens with one attached hydrogen (secondary N) is 2. The zero-order valence-corrected chi connectivity index (χ0v) is 12.7. The Labute approximate surface area is 130 Å². The van der Waals surface area contributed by atoms with Gasteiger partial charge in [0.1, 0.15) is 0 Å². The average Bonchev–Trinajstić information content (AvgIpc) is 2.54. The van der Waals surface area contributed by atoms with Gasteiger partial charge in [-0.3, -0.25) is 0 Å². The third-order valence-corrected chi connectivity index (χ3v) is 3.32. The Balaban J connectivity index is 1.83. The molecule has 22 heavy (non-hydrogen) atoms. The van der Waals surface area contributed by atoms with Crippen LogP contribution in [-0.4, -0.2) is 10.2 Å². The lowest BCUT2D eigenvalue weighted by molar-refractivity contribution is 0.986. The van der Waals surface area contributed by atoms with Crippen LogP contribution in [0, 0.1) is 13.8 Å². The smallest absolute Gasteiger partial charge is 0.153 e. The molecule has 0 unspecified atom stereocenters. The Kier molecular flexibility index (Phi) is 4.01. The monoisotopic (exact) mass is 290 g/mol. The third kappa shape index (κ3) is 3.41. The second-order valence-electron chi connectivity index (χ2n) is 5.22. The van der Waals surface area contributed by atoms with Gasteiger partial charge < -0.3 is 10.6 Å². The molecule has 4 nitrogen and oxygen atoms in total. The van der Waals surface area contributed by atoms with Crippen LogP contribution in [0.3, 0.4) is 0 Å². The van der Waals surface area contributed by atoms with Crippen molar-refractivity contribution in [1.29, 1.82) is 0 Å². The van der Waals surface area contributed by atoms with Gasteiger partial charge in [-0.2, -0.15) is 5.10 Å². The van der Waals surface area contributed by atoms with Crippen LogP contribution in [0.2, 0.25) is 0 Å². The minimum Gasteiger partial charge on any atom is -0.354 e. The molecule has 3 rings (SSSR count). The molecule has 110 valence electrons. The lowest BCUT2D eigenvalue weighted by Crippen LogP contribution is -2.00. The van der Waals surface area contributed by atoms with Gasteiger partial charge in [0, 0.05) is 5.69 Å². The van der Waals surface area contributed by atoms with E-state index in [0.717, 1.165) is 28.6 Å². The zero-order valence-electron chi connectivity index (χ0n) is 12.7. The van der Waals surface area contributed by atoms with Crippen LogP contribution in [0.25, 0.3) is 0 Å². The van der Waals surface area contributed by atoms with Crippen LogP contribution in [0.4, 0.5) is 22.9 Å². The SMILES string of the molecule is Cc1ccc(Nc2ccccc2Nc2ccc(C)nn2)cc1. The molecule has 0 fully saturated rings. The van der Waals surface area contributed by atoms with E-state index in [1.165, 1.54) is 5.56 Å². The van der Waals surface area contributed by atoms with Crippen molar-refractivity contribution in [3.8, 4) is 0 Å². The lowest BCUT2D eigenvalue weighted by Gasteiger charge is -2.13. The van der Waals surface area contributed by atoms with E-state index in [1.807, 2.05) is 43.3 Å². The largest absolute Gasteiger partial charge is 0.354 e. The van der Waals surface area contributed by atoms with Crippen molar-refractivity contribution >= 4 is 22.9 Å². The molecule has 0 saturated heterocycles. The normalized spacial score (nSPS) is 10.3. The molecule has 2 N–H and O–H groups in total. The molecule has 0 aliphatic rings. The molecule has 0 amide bonds. The molecule has 4 heteroatoms. The van der Waals surface area contributed by atoms with Gasteiger partial charge in [-0.15, -0.1) is 5.10 Å². The minimum atomic E-state index is 0.726. The van der Waals surface area contributed by atoms with E-state index in [4.69, 9.17) is 0 Å². The maximum Gasteiger partial charge on any atom is 0.153 e. The Morgan fingerprint density at radius 3 is 2.00 bits per heavy atom. The van der Waals surface area contributed by atoms with Gasteiger partial charge in [0.05, 0.1) is 17.1 Å². The van der Waals surface area contributed by atoms with Gasteiger partial charge in [0.25, 0.3) is 0 Å². The Hall–Kier alpha value is -2.88. The second kappa shape index (κ2) is 6.26. The molecule has 0 saturated carbocycles. The summed E-state index contributed by atoms with van der Waals surface area (Å²) in [5.74, 6) is 0.726. The highest BCUT2D eigenvalue weighted by Crippen LogP contribution is 2.27. The molecule has 0 atom stereocenters.